The molecule has 1 unspecified atom stereocenters. The summed E-state index contributed by atoms with van der Waals surface area (Å²) in [5.41, 5.74) is 0.519. The van der Waals surface area contributed by atoms with Crippen molar-refractivity contribution in [2.45, 2.75) is 90.1 Å². The Hall–Kier alpha value is 0.0649. The molecule has 0 aromatic heterocycles. The van der Waals surface area contributed by atoms with Crippen molar-refractivity contribution in [2.75, 3.05) is 0 Å². The highest BCUT2D eigenvalue weighted by molar-refractivity contribution is 6.64. The van der Waals surface area contributed by atoms with Crippen LogP contribution in [0, 0.1) is 5.41 Å². The van der Waals surface area contributed by atoms with Crippen LogP contribution in [0.15, 0.2) is 0 Å². The summed E-state index contributed by atoms with van der Waals surface area (Å²) in [6.45, 7) is 10.8. The smallest absolute Gasteiger partial charge is 0.0690 e. The first-order valence-electron chi connectivity index (χ1n) is 7.47. The summed E-state index contributed by atoms with van der Waals surface area (Å²) in [6.07, 6.45) is 10.6. The quantitative estimate of drug-likeness (QED) is 0.545. The van der Waals surface area contributed by atoms with E-state index in [1.165, 1.54) is 44.9 Å². The van der Waals surface area contributed by atoms with E-state index in [2.05, 4.69) is 27.7 Å². The monoisotopic (exact) mass is 220 g/mol. The van der Waals surface area contributed by atoms with Gasteiger partial charge in [0, 0.05) is 0 Å². The van der Waals surface area contributed by atoms with Crippen LogP contribution < -0.4 is 0 Å². The molecule has 16 heavy (non-hydrogen) atoms. The Kier molecular flexibility index (Phi) is 3.71. The zero-order valence-electron chi connectivity index (χ0n) is 11.8. The molecule has 0 nitrogen and oxygen atoms in total. The summed E-state index contributed by atoms with van der Waals surface area (Å²) >= 11 is 0. The molecular weight excluding hydrogens is 191 g/mol. The van der Waals surface area contributed by atoms with E-state index in [0.717, 1.165) is 24.2 Å². The molecule has 1 atom stereocenters. The van der Waals surface area contributed by atoms with Gasteiger partial charge in [0.25, 0.3) is 0 Å². The van der Waals surface area contributed by atoms with Gasteiger partial charge in [0.05, 0.1) is 0 Å². The molecule has 2 aliphatic rings. The third-order valence-electron chi connectivity index (χ3n) is 4.98. The van der Waals surface area contributed by atoms with Crippen molar-refractivity contribution in [1.29, 1.82) is 0 Å². The third-order valence-corrected chi connectivity index (χ3v) is 4.98. The standard InChI is InChI=1S/C15H29B/c1-12(11-15(2,3)4)16-13-7-5-8-14(16)10-6-9-13/h12-14H,5-11H2,1-4H3. The van der Waals surface area contributed by atoms with Crippen molar-refractivity contribution in [1.82, 2.24) is 0 Å². The Bertz CT molecular complexity index is 206. The molecule has 2 heterocycles. The fraction of sp³-hybridized carbons (Fsp3) is 1.00. The van der Waals surface area contributed by atoms with Crippen molar-refractivity contribution in [3.8, 4) is 0 Å². The molecule has 0 aromatic carbocycles. The summed E-state index contributed by atoms with van der Waals surface area (Å²) in [6, 6.07) is 0. The summed E-state index contributed by atoms with van der Waals surface area (Å²) in [5, 5.41) is 0. The fourth-order valence-corrected chi connectivity index (χ4v) is 4.76. The van der Waals surface area contributed by atoms with Crippen LogP contribution in [-0.2, 0) is 0 Å². The van der Waals surface area contributed by atoms with Crippen molar-refractivity contribution in [3.05, 3.63) is 0 Å². The Morgan fingerprint density at radius 1 is 1.00 bits per heavy atom. The van der Waals surface area contributed by atoms with Crippen LogP contribution >= 0.6 is 0 Å². The minimum absolute atomic E-state index is 0.519. The first-order valence-corrected chi connectivity index (χ1v) is 7.47. The summed E-state index contributed by atoms with van der Waals surface area (Å²) in [5.74, 6) is 3.13. The van der Waals surface area contributed by atoms with Crippen molar-refractivity contribution < 1.29 is 0 Å². The van der Waals surface area contributed by atoms with Gasteiger partial charge in [-0.25, -0.2) is 0 Å². The maximum absolute atomic E-state index is 2.53. The average Bonchev–Trinajstić information content (AvgIpc) is 2.13. The molecule has 2 fully saturated rings. The van der Waals surface area contributed by atoms with E-state index < -0.39 is 0 Å². The molecule has 0 saturated carbocycles. The molecule has 0 N–H and O–H groups in total. The third kappa shape index (κ3) is 2.84. The van der Waals surface area contributed by atoms with Gasteiger partial charge in [-0.15, -0.1) is 0 Å². The highest BCUT2D eigenvalue weighted by Gasteiger charge is 2.42. The first kappa shape index (κ1) is 12.5. The highest BCUT2D eigenvalue weighted by atomic mass is 14.3. The van der Waals surface area contributed by atoms with Gasteiger partial charge in [-0.3, -0.25) is 0 Å². The van der Waals surface area contributed by atoms with E-state index in [0.29, 0.717) is 5.41 Å². The molecule has 2 aliphatic heterocycles. The Balaban J connectivity index is 2.01. The Morgan fingerprint density at radius 3 is 1.81 bits per heavy atom. The van der Waals surface area contributed by atoms with Crippen LogP contribution in [0.4, 0.5) is 0 Å². The zero-order valence-corrected chi connectivity index (χ0v) is 11.8. The van der Waals surface area contributed by atoms with E-state index in [1.54, 1.807) is 0 Å². The Morgan fingerprint density at radius 2 is 1.44 bits per heavy atom. The van der Waals surface area contributed by atoms with E-state index in [4.69, 9.17) is 0 Å². The van der Waals surface area contributed by atoms with Gasteiger partial charge in [-0.1, -0.05) is 90.1 Å². The zero-order chi connectivity index (χ0) is 11.8. The van der Waals surface area contributed by atoms with Gasteiger partial charge in [-0.2, -0.15) is 0 Å². The van der Waals surface area contributed by atoms with Crippen LogP contribution in [0.3, 0.4) is 0 Å². The summed E-state index contributed by atoms with van der Waals surface area (Å²) in [4.78, 5) is 0. The number of hydrogen-bond acceptors (Lipinski definition) is 0. The lowest BCUT2D eigenvalue weighted by atomic mass is 9.22. The van der Waals surface area contributed by atoms with Gasteiger partial charge < -0.3 is 0 Å². The lowest BCUT2D eigenvalue weighted by molar-refractivity contribution is 0.357. The topological polar surface area (TPSA) is 0 Å². The molecule has 0 amide bonds. The van der Waals surface area contributed by atoms with Crippen LogP contribution in [0.1, 0.15) is 72.6 Å². The van der Waals surface area contributed by atoms with Crippen molar-refractivity contribution >= 4 is 6.71 Å². The molecule has 1 heteroatoms. The van der Waals surface area contributed by atoms with E-state index in [1.807, 2.05) is 0 Å². The number of hydrogen-bond donors (Lipinski definition) is 0. The van der Waals surface area contributed by atoms with Gasteiger partial charge in [0.15, 0.2) is 0 Å². The van der Waals surface area contributed by atoms with E-state index in [-0.39, 0.29) is 0 Å². The van der Waals surface area contributed by atoms with Crippen LogP contribution in [0.5, 0.6) is 0 Å². The maximum Gasteiger partial charge on any atom is 0.149 e. The molecular formula is C15H29B. The predicted octanol–water partition coefficient (Wildman–Crippen LogP) is 5.42. The van der Waals surface area contributed by atoms with Crippen molar-refractivity contribution in [3.63, 3.8) is 0 Å². The molecule has 0 spiro atoms. The lowest BCUT2D eigenvalue weighted by Crippen LogP contribution is -2.38. The second-order valence-corrected chi connectivity index (χ2v) is 7.70. The number of rotatable bonds is 2. The molecule has 0 aromatic rings. The van der Waals surface area contributed by atoms with Crippen LogP contribution in [0.2, 0.25) is 17.5 Å². The fourth-order valence-electron chi connectivity index (χ4n) is 4.76. The second-order valence-electron chi connectivity index (χ2n) is 7.70. The minimum atomic E-state index is 0.519. The molecule has 2 rings (SSSR count). The van der Waals surface area contributed by atoms with Crippen LogP contribution in [0.25, 0.3) is 0 Å². The van der Waals surface area contributed by atoms with Gasteiger partial charge in [-0.05, 0) is 5.41 Å². The molecule has 2 saturated heterocycles. The summed E-state index contributed by atoms with van der Waals surface area (Å²) in [7, 11) is 0. The highest BCUT2D eigenvalue weighted by Crippen LogP contribution is 2.51. The molecule has 2 bridgehead atoms. The predicted molar refractivity (Wildman–Crippen MR) is 74.5 cm³/mol. The second kappa shape index (κ2) is 4.74. The van der Waals surface area contributed by atoms with Crippen LogP contribution in [-0.4, -0.2) is 6.71 Å². The van der Waals surface area contributed by atoms with Crippen molar-refractivity contribution in [2.24, 2.45) is 5.41 Å². The normalized spacial score (nSPS) is 32.6. The lowest BCUT2D eigenvalue weighted by Gasteiger charge is -2.44. The summed E-state index contributed by atoms with van der Waals surface area (Å²) < 4.78 is 0. The number of fused-ring (bicyclic) bond motifs is 2. The minimum Gasteiger partial charge on any atom is -0.0690 e. The Labute approximate surface area is 103 Å². The van der Waals surface area contributed by atoms with E-state index in [9.17, 15) is 0 Å². The first-order chi connectivity index (χ1) is 7.47. The van der Waals surface area contributed by atoms with Gasteiger partial charge >= 0.3 is 0 Å². The SMILES string of the molecule is CC(CC(C)(C)C)B1C2CCCC1CCC2. The van der Waals surface area contributed by atoms with Gasteiger partial charge in [0.2, 0.25) is 0 Å². The maximum atomic E-state index is 2.53. The largest absolute Gasteiger partial charge is 0.149 e. The average molecular weight is 220 g/mol. The molecule has 92 valence electrons. The molecule has 0 aliphatic carbocycles. The molecule has 0 radical (unpaired) electrons. The van der Waals surface area contributed by atoms with Gasteiger partial charge in [0.1, 0.15) is 6.71 Å². The van der Waals surface area contributed by atoms with E-state index >= 15 is 0 Å².